The minimum atomic E-state index is -0.495. The van der Waals surface area contributed by atoms with Crippen molar-refractivity contribution in [2.45, 2.75) is 6.92 Å². The number of hydrogen-bond donors (Lipinski definition) is 2. The molecule has 0 fully saturated rings. The summed E-state index contributed by atoms with van der Waals surface area (Å²) in [6, 6.07) is 19.6. The lowest BCUT2D eigenvalue weighted by Gasteiger charge is -2.10. The monoisotopic (exact) mass is 495 g/mol. The van der Waals surface area contributed by atoms with Crippen molar-refractivity contribution in [3.8, 4) is 11.5 Å². The highest BCUT2D eigenvalue weighted by Gasteiger charge is 2.13. The number of halogens is 1. The number of anilines is 1. The topological polar surface area (TPSA) is 89.0 Å². The molecule has 0 saturated heterocycles. The SMILES string of the molecule is COc1cc(/C=N/NC(=O)CNc2ccc(C)cc2)ccc1OC(=O)c1ccc(Br)cc1. The number of hydrogen-bond acceptors (Lipinski definition) is 6. The predicted octanol–water partition coefficient (Wildman–Crippen LogP) is 4.55. The first-order chi connectivity index (χ1) is 15.4. The Hall–Kier alpha value is -3.65. The highest BCUT2D eigenvalue weighted by molar-refractivity contribution is 9.10. The Balaban J connectivity index is 1.55. The lowest BCUT2D eigenvalue weighted by atomic mass is 10.2. The summed E-state index contributed by atoms with van der Waals surface area (Å²) in [4.78, 5) is 24.3. The molecule has 0 atom stereocenters. The van der Waals surface area contributed by atoms with E-state index in [9.17, 15) is 9.59 Å². The van der Waals surface area contributed by atoms with Gasteiger partial charge in [-0.3, -0.25) is 4.79 Å². The van der Waals surface area contributed by atoms with Gasteiger partial charge in [0.05, 0.1) is 25.4 Å². The van der Waals surface area contributed by atoms with Crippen LogP contribution >= 0.6 is 15.9 Å². The number of esters is 1. The zero-order valence-electron chi connectivity index (χ0n) is 17.6. The van der Waals surface area contributed by atoms with Crippen LogP contribution in [-0.2, 0) is 4.79 Å². The number of ether oxygens (including phenoxy) is 2. The van der Waals surface area contributed by atoms with Crippen molar-refractivity contribution < 1.29 is 19.1 Å². The zero-order chi connectivity index (χ0) is 22.9. The van der Waals surface area contributed by atoms with Gasteiger partial charge >= 0.3 is 5.97 Å². The van der Waals surface area contributed by atoms with Crippen molar-refractivity contribution in [3.05, 3.63) is 87.9 Å². The van der Waals surface area contributed by atoms with Gasteiger partial charge in [-0.1, -0.05) is 33.6 Å². The van der Waals surface area contributed by atoms with Crippen LogP contribution in [0.15, 0.2) is 76.3 Å². The Morgan fingerprint density at radius 1 is 1.00 bits per heavy atom. The maximum atomic E-state index is 12.3. The van der Waals surface area contributed by atoms with Gasteiger partial charge in [0.1, 0.15) is 0 Å². The Morgan fingerprint density at radius 2 is 1.72 bits per heavy atom. The molecule has 3 aromatic carbocycles. The van der Waals surface area contributed by atoms with Crippen molar-refractivity contribution in [2.75, 3.05) is 19.0 Å². The molecule has 164 valence electrons. The molecule has 0 radical (unpaired) electrons. The third-order valence-corrected chi connectivity index (χ3v) is 4.91. The van der Waals surface area contributed by atoms with Crippen LogP contribution in [0.5, 0.6) is 11.5 Å². The van der Waals surface area contributed by atoms with E-state index in [-0.39, 0.29) is 18.2 Å². The number of methoxy groups -OCH3 is 1. The average Bonchev–Trinajstić information content (AvgIpc) is 2.80. The summed E-state index contributed by atoms with van der Waals surface area (Å²) in [6.45, 7) is 2.09. The summed E-state index contributed by atoms with van der Waals surface area (Å²) in [5, 5.41) is 6.98. The van der Waals surface area contributed by atoms with E-state index in [4.69, 9.17) is 9.47 Å². The summed E-state index contributed by atoms with van der Waals surface area (Å²) < 4.78 is 11.6. The first kappa shape index (κ1) is 23.0. The third-order valence-electron chi connectivity index (χ3n) is 4.38. The first-order valence-corrected chi connectivity index (χ1v) is 10.5. The molecule has 32 heavy (non-hydrogen) atoms. The number of nitrogens with one attached hydrogen (secondary N) is 2. The Kier molecular flexibility index (Phi) is 7.99. The molecule has 0 aliphatic rings. The van der Waals surface area contributed by atoms with E-state index in [0.29, 0.717) is 16.9 Å². The quantitative estimate of drug-likeness (QED) is 0.207. The van der Waals surface area contributed by atoms with Crippen LogP contribution in [0.4, 0.5) is 5.69 Å². The van der Waals surface area contributed by atoms with E-state index in [0.717, 1.165) is 15.7 Å². The van der Waals surface area contributed by atoms with Crippen molar-refractivity contribution >= 4 is 39.7 Å². The molecule has 7 nitrogen and oxygen atoms in total. The molecule has 3 aromatic rings. The lowest BCUT2D eigenvalue weighted by molar-refractivity contribution is -0.119. The number of aryl methyl sites for hydroxylation is 1. The molecule has 0 heterocycles. The Labute approximate surface area is 194 Å². The maximum Gasteiger partial charge on any atom is 0.343 e. The molecular formula is C24H22BrN3O4. The van der Waals surface area contributed by atoms with Crippen LogP contribution in [0.2, 0.25) is 0 Å². The van der Waals surface area contributed by atoms with E-state index in [1.807, 2.05) is 31.2 Å². The number of carbonyl (C=O) groups excluding carboxylic acids is 2. The largest absolute Gasteiger partial charge is 0.493 e. The second-order valence-corrected chi connectivity index (χ2v) is 7.74. The summed E-state index contributed by atoms with van der Waals surface area (Å²) in [5.41, 5.74) is 5.55. The summed E-state index contributed by atoms with van der Waals surface area (Å²) >= 11 is 3.33. The van der Waals surface area contributed by atoms with Gasteiger partial charge in [0.15, 0.2) is 11.5 Å². The molecule has 0 aliphatic heterocycles. The fraction of sp³-hybridized carbons (Fsp3) is 0.125. The minimum absolute atomic E-state index is 0.0919. The number of amides is 1. The van der Waals surface area contributed by atoms with E-state index >= 15 is 0 Å². The van der Waals surface area contributed by atoms with Crippen LogP contribution in [-0.4, -0.2) is 31.7 Å². The average molecular weight is 496 g/mol. The standard InChI is InChI=1S/C24H22BrN3O4/c1-16-3-10-20(11-4-16)26-15-23(29)28-27-14-17-5-12-21(22(13-17)31-2)32-24(30)18-6-8-19(25)9-7-18/h3-14,26H,15H2,1-2H3,(H,28,29)/b27-14+. The number of nitrogens with zero attached hydrogens (tertiary/aromatic N) is 1. The molecule has 8 heteroatoms. The molecule has 0 spiro atoms. The van der Waals surface area contributed by atoms with Crippen LogP contribution in [0.3, 0.4) is 0 Å². The maximum absolute atomic E-state index is 12.3. The molecule has 0 unspecified atom stereocenters. The third kappa shape index (κ3) is 6.68. The van der Waals surface area contributed by atoms with Gasteiger partial charge in [-0.2, -0.15) is 5.10 Å². The first-order valence-electron chi connectivity index (χ1n) is 9.73. The summed E-state index contributed by atoms with van der Waals surface area (Å²) in [5.74, 6) is -0.130. The molecule has 2 N–H and O–H groups in total. The molecule has 0 aromatic heterocycles. The normalized spacial score (nSPS) is 10.6. The molecule has 0 saturated carbocycles. The minimum Gasteiger partial charge on any atom is -0.493 e. The number of rotatable bonds is 8. The number of carbonyl (C=O) groups is 2. The van der Waals surface area contributed by atoms with Crippen molar-refractivity contribution in [1.29, 1.82) is 0 Å². The van der Waals surface area contributed by atoms with Gasteiger partial charge in [-0.05, 0) is 67.1 Å². The number of benzene rings is 3. The van der Waals surface area contributed by atoms with Gasteiger partial charge < -0.3 is 14.8 Å². The second-order valence-electron chi connectivity index (χ2n) is 6.82. The second kappa shape index (κ2) is 11.1. The van der Waals surface area contributed by atoms with Crippen LogP contribution in [0, 0.1) is 6.92 Å². The van der Waals surface area contributed by atoms with Gasteiger partial charge in [-0.25, -0.2) is 10.2 Å². The van der Waals surface area contributed by atoms with E-state index < -0.39 is 5.97 Å². The van der Waals surface area contributed by atoms with Gasteiger partial charge in [0, 0.05) is 10.2 Å². The van der Waals surface area contributed by atoms with Crippen molar-refractivity contribution in [1.82, 2.24) is 5.43 Å². The Morgan fingerprint density at radius 3 is 2.41 bits per heavy atom. The fourth-order valence-electron chi connectivity index (χ4n) is 2.67. The summed E-state index contributed by atoms with van der Waals surface area (Å²) in [7, 11) is 1.48. The zero-order valence-corrected chi connectivity index (χ0v) is 19.2. The van der Waals surface area contributed by atoms with Gasteiger partial charge in [0.25, 0.3) is 5.91 Å². The van der Waals surface area contributed by atoms with E-state index in [2.05, 4.69) is 31.8 Å². The highest BCUT2D eigenvalue weighted by atomic mass is 79.9. The van der Waals surface area contributed by atoms with Crippen LogP contribution < -0.4 is 20.2 Å². The molecule has 0 aliphatic carbocycles. The molecule has 0 bridgehead atoms. The van der Waals surface area contributed by atoms with Gasteiger partial charge in [-0.15, -0.1) is 0 Å². The lowest BCUT2D eigenvalue weighted by Crippen LogP contribution is -2.25. The fourth-order valence-corrected chi connectivity index (χ4v) is 2.93. The predicted molar refractivity (Wildman–Crippen MR) is 127 cm³/mol. The van der Waals surface area contributed by atoms with Gasteiger partial charge in [0.2, 0.25) is 0 Å². The smallest absolute Gasteiger partial charge is 0.343 e. The summed E-state index contributed by atoms with van der Waals surface area (Å²) in [6.07, 6.45) is 1.48. The van der Waals surface area contributed by atoms with Crippen molar-refractivity contribution in [2.24, 2.45) is 5.10 Å². The molecule has 1 amide bonds. The van der Waals surface area contributed by atoms with Crippen LogP contribution in [0.1, 0.15) is 21.5 Å². The van der Waals surface area contributed by atoms with E-state index in [1.165, 1.54) is 13.3 Å². The molecular weight excluding hydrogens is 474 g/mol. The van der Waals surface area contributed by atoms with E-state index in [1.54, 1.807) is 42.5 Å². The van der Waals surface area contributed by atoms with Crippen LogP contribution in [0.25, 0.3) is 0 Å². The Bertz CT molecular complexity index is 1110. The van der Waals surface area contributed by atoms with Crippen molar-refractivity contribution in [3.63, 3.8) is 0 Å². The highest BCUT2D eigenvalue weighted by Crippen LogP contribution is 2.28. The molecule has 3 rings (SSSR count). The number of hydrazone groups is 1.